The van der Waals surface area contributed by atoms with E-state index >= 15 is 0 Å². The monoisotopic (exact) mass is 268 g/mol. The zero-order valence-electron chi connectivity index (χ0n) is 11.4. The lowest BCUT2D eigenvalue weighted by molar-refractivity contribution is -0.114. The Labute approximate surface area is 118 Å². The zero-order valence-corrected chi connectivity index (χ0v) is 11.4. The minimum absolute atomic E-state index is 0.199. The molecule has 0 spiro atoms. The summed E-state index contributed by atoms with van der Waals surface area (Å²) >= 11 is 0. The van der Waals surface area contributed by atoms with Gasteiger partial charge in [-0.15, -0.1) is 0 Å². The van der Waals surface area contributed by atoms with Gasteiger partial charge in [0.25, 0.3) is 5.91 Å². The quantitative estimate of drug-likeness (QED) is 0.677. The Bertz CT molecular complexity index is 622. The lowest BCUT2D eigenvalue weighted by Gasteiger charge is -2.12. The molecule has 0 unspecified atom stereocenters. The van der Waals surface area contributed by atoms with Crippen LogP contribution < -0.4 is 0 Å². The van der Waals surface area contributed by atoms with Gasteiger partial charge in [-0.2, -0.15) is 4.99 Å². The molecule has 0 bridgehead atoms. The van der Waals surface area contributed by atoms with Crippen molar-refractivity contribution in [3.63, 3.8) is 0 Å². The number of amidine groups is 1. The van der Waals surface area contributed by atoms with Gasteiger partial charge in [0.1, 0.15) is 17.3 Å². The van der Waals surface area contributed by atoms with Gasteiger partial charge in [0.2, 0.25) is 0 Å². The van der Waals surface area contributed by atoms with Crippen molar-refractivity contribution in [2.75, 3.05) is 7.05 Å². The molecule has 20 heavy (non-hydrogen) atoms. The maximum atomic E-state index is 11.9. The van der Waals surface area contributed by atoms with Gasteiger partial charge in [-0.1, -0.05) is 30.4 Å². The van der Waals surface area contributed by atoms with Gasteiger partial charge >= 0.3 is 0 Å². The molecule has 1 N–H and O–H groups in total. The minimum Gasteiger partial charge on any atom is -0.508 e. The zero-order chi connectivity index (χ0) is 14.5. The third-order valence-electron chi connectivity index (χ3n) is 2.89. The van der Waals surface area contributed by atoms with E-state index in [4.69, 9.17) is 0 Å². The van der Waals surface area contributed by atoms with E-state index in [1.807, 2.05) is 25.2 Å². The van der Waals surface area contributed by atoms with Crippen molar-refractivity contribution in [1.82, 2.24) is 4.90 Å². The highest BCUT2D eigenvalue weighted by Crippen LogP contribution is 2.19. The van der Waals surface area contributed by atoms with E-state index in [0.29, 0.717) is 11.5 Å². The Kier molecular flexibility index (Phi) is 4.15. The molecule has 1 aromatic carbocycles. The molecule has 0 aromatic heterocycles. The van der Waals surface area contributed by atoms with Crippen molar-refractivity contribution >= 4 is 17.8 Å². The minimum atomic E-state index is -0.263. The first-order valence-corrected chi connectivity index (χ1v) is 6.28. The second-order valence-electron chi connectivity index (χ2n) is 4.34. The largest absolute Gasteiger partial charge is 0.508 e. The Morgan fingerprint density at radius 3 is 2.55 bits per heavy atom. The van der Waals surface area contributed by atoms with Crippen molar-refractivity contribution in [2.24, 2.45) is 4.99 Å². The molecule has 0 atom stereocenters. The maximum absolute atomic E-state index is 11.9. The molecule has 4 nitrogen and oxygen atoms in total. The molecule has 102 valence electrons. The molecular formula is C16H16N2O2. The van der Waals surface area contributed by atoms with E-state index in [-0.39, 0.29) is 11.7 Å². The number of rotatable bonds is 3. The second kappa shape index (κ2) is 6.02. The van der Waals surface area contributed by atoms with Crippen molar-refractivity contribution in [3.05, 3.63) is 59.8 Å². The summed E-state index contributed by atoms with van der Waals surface area (Å²) in [6.45, 7) is 1.92. The number of likely N-dealkylation sites (N-methyl/N-ethyl adjacent to an activating group) is 1. The summed E-state index contributed by atoms with van der Waals surface area (Å²) < 4.78 is 0. The fourth-order valence-corrected chi connectivity index (χ4v) is 1.79. The van der Waals surface area contributed by atoms with Gasteiger partial charge < -0.3 is 10.0 Å². The topological polar surface area (TPSA) is 52.9 Å². The van der Waals surface area contributed by atoms with E-state index in [1.165, 1.54) is 0 Å². The van der Waals surface area contributed by atoms with Crippen molar-refractivity contribution in [1.29, 1.82) is 0 Å². The summed E-state index contributed by atoms with van der Waals surface area (Å²) in [5.74, 6) is 0.545. The van der Waals surface area contributed by atoms with E-state index in [0.717, 1.165) is 5.56 Å². The molecule has 0 aliphatic carbocycles. The summed E-state index contributed by atoms with van der Waals surface area (Å²) in [4.78, 5) is 17.6. The van der Waals surface area contributed by atoms with Crippen LogP contribution in [0.2, 0.25) is 0 Å². The fraction of sp³-hybridized carbons (Fsp3) is 0.125. The predicted molar refractivity (Wildman–Crippen MR) is 80.2 cm³/mol. The number of hydrogen-bond acceptors (Lipinski definition) is 3. The van der Waals surface area contributed by atoms with E-state index in [1.54, 1.807) is 48.4 Å². The van der Waals surface area contributed by atoms with Gasteiger partial charge in [0.15, 0.2) is 0 Å². The predicted octanol–water partition coefficient (Wildman–Crippen LogP) is 2.74. The number of nitrogens with zero attached hydrogens (tertiary/aromatic N) is 2. The molecule has 4 heteroatoms. The van der Waals surface area contributed by atoms with Crippen LogP contribution in [0.1, 0.15) is 12.5 Å². The summed E-state index contributed by atoms with van der Waals surface area (Å²) in [5.41, 5.74) is 1.35. The SMILES string of the molecule is CC=CC=CC1=NC(=O)C(=Cc2ccc(O)cc2)N1C. The van der Waals surface area contributed by atoms with E-state index in [9.17, 15) is 9.90 Å². The van der Waals surface area contributed by atoms with Crippen LogP contribution in [0.15, 0.2) is 59.3 Å². The molecule has 0 saturated heterocycles. The molecule has 1 aliphatic heterocycles. The standard InChI is InChI=1S/C16H16N2O2/c1-3-4-5-6-15-17-16(20)14(18(15)2)11-12-7-9-13(19)10-8-12/h3-11,19H,1-2H3. The average molecular weight is 268 g/mol. The highest BCUT2D eigenvalue weighted by atomic mass is 16.3. The molecule has 1 aliphatic rings. The van der Waals surface area contributed by atoms with Crippen LogP contribution >= 0.6 is 0 Å². The van der Waals surface area contributed by atoms with Crippen molar-refractivity contribution < 1.29 is 9.90 Å². The number of carbonyl (C=O) groups excluding carboxylic acids is 1. The number of phenolic OH excluding ortho intramolecular Hbond substituents is 1. The number of aromatic hydroxyl groups is 1. The smallest absolute Gasteiger partial charge is 0.295 e. The third-order valence-corrected chi connectivity index (χ3v) is 2.89. The molecule has 0 radical (unpaired) electrons. The average Bonchev–Trinajstić information content (AvgIpc) is 2.69. The molecule has 2 rings (SSSR count). The lowest BCUT2D eigenvalue weighted by Crippen LogP contribution is -2.20. The summed E-state index contributed by atoms with van der Waals surface area (Å²) in [6, 6.07) is 6.66. The van der Waals surface area contributed by atoms with Crippen LogP contribution in [0.25, 0.3) is 6.08 Å². The fourth-order valence-electron chi connectivity index (χ4n) is 1.79. The first kappa shape index (κ1) is 13.8. The molecule has 0 fully saturated rings. The number of amides is 1. The number of allylic oxidation sites excluding steroid dienone is 3. The second-order valence-corrected chi connectivity index (χ2v) is 4.34. The van der Waals surface area contributed by atoms with Gasteiger partial charge in [0.05, 0.1) is 0 Å². The Morgan fingerprint density at radius 1 is 1.20 bits per heavy atom. The van der Waals surface area contributed by atoms with Gasteiger partial charge in [0, 0.05) is 7.05 Å². The first-order valence-electron chi connectivity index (χ1n) is 6.28. The van der Waals surface area contributed by atoms with Crippen LogP contribution in [-0.2, 0) is 4.79 Å². The Hall–Kier alpha value is -2.62. The lowest BCUT2D eigenvalue weighted by atomic mass is 10.2. The maximum Gasteiger partial charge on any atom is 0.295 e. The van der Waals surface area contributed by atoms with Crippen LogP contribution in [0.4, 0.5) is 0 Å². The molecule has 1 heterocycles. The summed E-state index contributed by atoms with van der Waals surface area (Å²) in [5, 5.41) is 9.25. The van der Waals surface area contributed by atoms with E-state index in [2.05, 4.69) is 4.99 Å². The summed E-state index contributed by atoms with van der Waals surface area (Å²) in [6.07, 6.45) is 9.16. The highest BCUT2D eigenvalue weighted by molar-refractivity contribution is 6.16. The number of hydrogen-bond donors (Lipinski definition) is 1. The van der Waals surface area contributed by atoms with Crippen molar-refractivity contribution in [3.8, 4) is 5.75 Å². The molecule has 0 saturated carbocycles. The van der Waals surface area contributed by atoms with Crippen LogP contribution in [0.3, 0.4) is 0 Å². The van der Waals surface area contributed by atoms with Crippen LogP contribution in [0, 0.1) is 0 Å². The van der Waals surface area contributed by atoms with E-state index < -0.39 is 0 Å². The van der Waals surface area contributed by atoms with Crippen LogP contribution in [-0.4, -0.2) is 28.8 Å². The van der Waals surface area contributed by atoms with Gasteiger partial charge in [-0.3, -0.25) is 4.79 Å². The third kappa shape index (κ3) is 3.03. The highest BCUT2D eigenvalue weighted by Gasteiger charge is 2.24. The summed E-state index contributed by atoms with van der Waals surface area (Å²) in [7, 11) is 1.80. The Balaban J connectivity index is 2.23. The number of phenols is 1. The Morgan fingerprint density at radius 2 is 1.90 bits per heavy atom. The van der Waals surface area contributed by atoms with Gasteiger partial charge in [-0.05, 0) is 36.8 Å². The molecule has 1 aromatic rings. The number of carbonyl (C=O) groups is 1. The van der Waals surface area contributed by atoms with Crippen LogP contribution in [0.5, 0.6) is 5.75 Å². The molecular weight excluding hydrogens is 252 g/mol. The molecule has 1 amide bonds. The number of benzene rings is 1. The van der Waals surface area contributed by atoms with Crippen molar-refractivity contribution in [2.45, 2.75) is 6.92 Å². The number of aliphatic imine (C=N–C) groups is 1. The van der Waals surface area contributed by atoms with Gasteiger partial charge in [-0.25, -0.2) is 0 Å². The normalized spacial score (nSPS) is 17.7. The first-order chi connectivity index (χ1) is 9.61.